The first-order valence-electron chi connectivity index (χ1n) is 9.80. The maximum Gasteiger partial charge on any atom is 0.231 e. The highest BCUT2D eigenvalue weighted by atomic mass is 32.2. The van der Waals surface area contributed by atoms with E-state index >= 15 is 0 Å². The van der Waals surface area contributed by atoms with Gasteiger partial charge in [-0.05, 0) is 42.1 Å². The molecule has 31 heavy (non-hydrogen) atoms. The van der Waals surface area contributed by atoms with Crippen molar-refractivity contribution >= 4 is 39.9 Å². The average molecular weight is 450 g/mol. The van der Waals surface area contributed by atoms with E-state index in [-0.39, 0.29) is 24.5 Å². The molecule has 0 radical (unpaired) electrons. The van der Waals surface area contributed by atoms with Crippen LogP contribution < -0.4 is 14.8 Å². The minimum Gasteiger partial charge on any atom is -0.454 e. The van der Waals surface area contributed by atoms with Gasteiger partial charge >= 0.3 is 0 Å². The molecule has 0 saturated carbocycles. The largest absolute Gasteiger partial charge is 0.454 e. The molecule has 156 valence electrons. The summed E-state index contributed by atoms with van der Waals surface area (Å²) in [6.07, 6.45) is 0. The van der Waals surface area contributed by atoms with E-state index < -0.39 is 0 Å². The molecule has 8 heteroatoms. The molecule has 3 heterocycles. The van der Waals surface area contributed by atoms with E-state index in [1.165, 1.54) is 11.8 Å². The standard InChI is InChI=1S/C23H19N3O3S2/c1-14(15-8-9-18-19(11-15)29-13-28-18)24-21(27)12-31-23-16-5-2-3-6-17(16)25-22(26-23)20-7-4-10-30-20/h2-11,14H,12-13H2,1H3,(H,24,27)/t14-/m0/s1. The van der Waals surface area contributed by atoms with Gasteiger partial charge in [-0.1, -0.05) is 42.1 Å². The van der Waals surface area contributed by atoms with Crippen LogP contribution in [0.15, 0.2) is 65.0 Å². The van der Waals surface area contributed by atoms with Gasteiger partial charge in [-0.3, -0.25) is 4.79 Å². The molecule has 0 bridgehead atoms. The number of ether oxygens (including phenoxy) is 2. The molecule has 0 fully saturated rings. The SMILES string of the molecule is C[C@H](NC(=O)CSc1nc(-c2cccs2)nc2ccccc12)c1ccc2c(c1)OCO2. The van der Waals surface area contributed by atoms with Gasteiger partial charge in [0.15, 0.2) is 17.3 Å². The number of nitrogens with zero attached hydrogens (tertiary/aromatic N) is 2. The van der Waals surface area contributed by atoms with Gasteiger partial charge < -0.3 is 14.8 Å². The van der Waals surface area contributed by atoms with E-state index in [9.17, 15) is 4.79 Å². The maximum atomic E-state index is 12.7. The summed E-state index contributed by atoms with van der Waals surface area (Å²) < 4.78 is 10.8. The summed E-state index contributed by atoms with van der Waals surface area (Å²) in [6, 6.07) is 17.4. The number of carbonyl (C=O) groups is 1. The molecule has 0 spiro atoms. The Labute approximate surface area is 187 Å². The number of benzene rings is 2. The molecule has 5 rings (SSSR count). The fourth-order valence-corrected chi connectivity index (χ4v) is 4.84. The van der Waals surface area contributed by atoms with E-state index in [1.807, 2.05) is 66.9 Å². The predicted molar refractivity (Wildman–Crippen MR) is 123 cm³/mol. The van der Waals surface area contributed by atoms with Crippen LogP contribution in [0, 0.1) is 0 Å². The van der Waals surface area contributed by atoms with E-state index in [4.69, 9.17) is 14.5 Å². The molecule has 2 aromatic carbocycles. The summed E-state index contributed by atoms with van der Waals surface area (Å²) in [6.45, 7) is 2.19. The second kappa shape index (κ2) is 8.56. The fourth-order valence-electron chi connectivity index (χ4n) is 3.36. The van der Waals surface area contributed by atoms with Gasteiger partial charge in [0.05, 0.1) is 22.2 Å². The molecular formula is C23H19N3O3S2. The number of thiophene rings is 1. The Balaban J connectivity index is 1.30. The van der Waals surface area contributed by atoms with Gasteiger partial charge in [0, 0.05) is 5.39 Å². The smallest absolute Gasteiger partial charge is 0.231 e. The van der Waals surface area contributed by atoms with Crippen molar-refractivity contribution in [2.24, 2.45) is 0 Å². The van der Waals surface area contributed by atoms with Gasteiger partial charge in [-0.2, -0.15) is 0 Å². The van der Waals surface area contributed by atoms with Gasteiger partial charge in [0.25, 0.3) is 0 Å². The lowest BCUT2D eigenvalue weighted by molar-refractivity contribution is -0.119. The van der Waals surface area contributed by atoms with E-state index in [0.717, 1.165) is 32.1 Å². The van der Waals surface area contributed by atoms with Crippen molar-refractivity contribution in [1.82, 2.24) is 15.3 Å². The first-order chi connectivity index (χ1) is 15.2. The molecule has 4 aromatic rings. The Hall–Kier alpha value is -3.10. The molecule has 0 unspecified atom stereocenters. The number of carbonyl (C=O) groups excluding carboxylic acids is 1. The minimum absolute atomic E-state index is 0.0597. The van der Waals surface area contributed by atoms with E-state index in [1.54, 1.807) is 11.3 Å². The monoisotopic (exact) mass is 449 g/mol. The number of aromatic nitrogens is 2. The molecule has 1 N–H and O–H groups in total. The Morgan fingerprint density at radius 1 is 1.13 bits per heavy atom. The third-order valence-electron chi connectivity index (χ3n) is 4.92. The van der Waals surface area contributed by atoms with Gasteiger partial charge in [-0.15, -0.1) is 11.3 Å². The van der Waals surface area contributed by atoms with Crippen LogP contribution in [-0.2, 0) is 4.79 Å². The summed E-state index contributed by atoms with van der Waals surface area (Å²) in [5.41, 5.74) is 1.84. The Morgan fingerprint density at radius 2 is 2.00 bits per heavy atom. The van der Waals surface area contributed by atoms with Gasteiger partial charge in [-0.25, -0.2) is 9.97 Å². The zero-order chi connectivity index (χ0) is 21.2. The molecule has 2 aromatic heterocycles. The highest BCUT2D eigenvalue weighted by Crippen LogP contribution is 2.34. The van der Waals surface area contributed by atoms with Crippen molar-refractivity contribution in [2.45, 2.75) is 18.0 Å². The lowest BCUT2D eigenvalue weighted by Crippen LogP contribution is -2.28. The van der Waals surface area contributed by atoms with Crippen LogP contribution in [0.3, 0.4) is 0 Å². The average Bonchev–Trinajstić information content (AvgIpc) is 3.48. The van der Waals surface area contributed by atoms with Gasteiger partial charge in [0.1, 0.15) is 5.03 Å². The molecule has 1 atom stereocenters. The maximum absolute atomic E-state index is 12.7. The first-order valence-corrected chi connectivity index (χ1v) is 11.7. The Morgan fingerprint density at radius 3 is 2.87 bits per heavy atom. The topological polar surface area (TPSA) is 73.3 Å². The zero-order valence-corrected chi connectivity index (χ0v) is 18.3. The van der Waals surface area contributed by atoms with E-state index in [2.05, 4.69) is 10.3 Å². The van der Waals surface area contributed by atoms with Crippen molar-refractivity contribution in [3.05, 3.63) is 65.5 Å². The number of hydrogen-bond acceptors (Lipinski definition) is 7. The molecule has 1 aliphatic heterocycles. The lowest BCUT2D eigenvalue weighted by atomic mass is 10.1. The van der Waals surface area contributed by atoms with Crippen LogP contribution >= 0.6 is 23.1 Å². The van der Waals surface area contributed by atoms with Crippen LogP contribution in [0.25, 0.3) is 21.6 Å². The quantitative estimate of drug-likeness (QED) is 0.328. The first kappa shape index (κ1) is 19.8. The van der Waals surface area contributed by atoms with Crippen molar-refractivity contribution < 1.29 is 14.3 Å². The van der Waals surface area contributed by atoms with E-state index in [0.29, 0.717) is 11.6 Å². The van der Waals surface area contributed by atoms with Gasteiger partial charge in [0.2, 0.25) is 12.7 Å². The highest BCUT2D eigenvalue weighted by Gasteiger charge is 2.18. The summed E-state index contributed by atoms with van der Waals surface area (Å²) in [5, 5.41) is 6.81. The van der Waals surface area contributed by atoms with Crippen LogP contribution in [0.5, 0.6) is 11.5 Å². The predicted octanol–water partition coefficient (Wildman–Crippen LogP) is 5.06. The number of thioether (sulfide) groups is 1. The van der Waals surface area contributed by atoms with Crippen LogP contribution in [0.1, 0.15) is 18.5 Å². The van der Waals surface area contributed by atoms with Crippen LogP contribution in [-0.4, -0.2) is 28.4 Å². The van der Waals surface area contributed by atoms with Crippen LogP contribution in [0.2, 0.25) is 0 Å². The zero-order valence-electron chi connectivity index (χ0n) is 16.7. The molecular weight excluding hydrogens is 430 g/mol. The highest BCUT2D eigenvalue weighted by molar-refractivity contribution is 8.00. The van der Waals surface area contributed by atoms with Crippen molar-refractivity contribution in [1.29, 1.82) is 0 Å². The number of amides is 1. The lowest BCUT2D eigenvalue weighted by Gasteiger charge is -2.15. The summed E-state index contributed by atoms with van der Waals surface area (Å²) in [7, 11) is 0. The van der Waals surface area contributed by atoms with Crippen molar-refractivity contribution in [2.75, 3.05) is 12.5 Å². The van der Waals surface area contributed by atoms with Crippen molar-refractivity contribution in [3.8, 4) is 22.2 Å². The van der Waals surface area contributed by atoms with Crippen LogP contribution in [0.4, 0.5) is 0 Å². The Bertz CT molecular complexity index is 1240. The summed E-state index contributed by atoms with van der Waals surface area (Å²) >= 11 is 3.02. The molecule has 6 nitrogen and oxygen atoms in total. The molecule has 1 amide bonds. The second-order valence-electron chi connectivity index (χ2n) is 7.04. The molecule has 1 aliphatic rings. The summed E-state index contributed by atoms with van der Waals surface area (Å²) in [5.74, 6) is 2.33. The third kappa shape index (κ3) is 4.22. The normalized spacial score (nSPS) is 13.3. The molecule has 0 aliphatic carbocycles. The third-order valence-corrected chi connectivity index (χ3v) is 6.78. The summed E-state index contributed by atoms with van der Waals surface area (Å²) in [4.78, 5) is 23.1. The number of hydrogen-bond donors (Lipinski definition) is 1. The second-order valence-corrected chi connectivity index (χ2v) is 8.95. The molecule has 0 saturated heterocycles. The fraction of sp³-hybridized carbons (Fsp3) is 0.174. The number of fused-ring (bicyclic) bond motifs is 2. The Kier molecular flexibility index (Phi) is 5.48. The number of rotatable bonds is 6. The number of nitrogens with one attached hydrogen (secondary N) is 1. The minimum atomic E-state index is -0.147. The number of para-hydroxylation sites is 1. The van der Waals surface area contributed by atoms with Crippen molar-refractivity contribution in [3.63, 3.8) is 0 Å².